The van der Waals surface area contributed by atoms with Crippen LogP contribution < -0.4 is 5.32 Å². The highest BCUT2D eigenvalue weighted by atomic mass is 19.4. The highest BCUT2D eigenvalue weighted by Gasteiger charge is 2.33. The summed E-state index contributed by atoms with van der Waals surface area (Å²) in [7, 11) is 0. The van der Waals surface area contributed by atoms with Gasteiger partial charge in [-0.2, -0.15) is 13.2 Å². The van der Waals surface area contributed by atoms with Crippen LogP contribution in [0.1, 0.15) is 12.0 Å². The number of carbonyl (C=O) groups excluding carboxylic acids is 1. The van der Waals surface area contributed by atoms with Crippen molar-refractivity contribution in [2.45, 2.75) is 25.2 Å². The van der Waals surface area contributed by atoms with Gasteiger partial charge >= 0.3 is 6.18 Å². The van der Waals surface area contributed by atoms with Crippen molar-refractivity contribution >= 4 is 5.91 Å². The fourth-order valence-corrected chi connectivity index (χ4v) is 2.33. The van der Waals surface area contributed by atoms with Gasteiger partial charge in [-0.05, 0) is 5.56 Å². The number of nitrogens with one attached hydrogen (secondary N) is 1. The summed E-state index contributed by atoms with van der Waals surface area (Å²) in [6.07, 6.45) is -4.83. The lowest BCUT2D eigenvalue weighted by Gasteiger charge is -2.28. The maximum Gasteiger partial charge on any atom is 0.406 e. The van der Waals surface area contributed by atoms with Crippen molar-refractivity contribution in [1.29, 1.82) is 0 Å². The van der Waals surface area contributed by atoms with Crippen molar-refractivity contribution in [3.63, 3.8) is 0 Å². The first-order chi connectivity index (χ1) is 10.4. The third-order valence-electron chi connectivity index (χ3n) is 3.35. The third kappa shape index (κ3) is 5.65. The van der Waals surface area contributed by atoms with E-state index in [9.17, 15) is 18.0 Å². The molecule has 1 aliphatic rings. The lowest BCUT2D eigenvalue weighted by atomic mass is 10.1. The smallest absolute Gasteiger partial charge is 0.375 e. The van der Waals surface area contributed by atoms with E-state index in [0.717, 1.165) is 4.90 Å². The number of halogens is 3. The number of ether oxygens (including phenoxy) is 1. The van der Waals surface area contributed by atoms with E-state index >= 15 is 0 Å². The van der Waals surface area contributed by atoms with E-state index in [2.05, 4.69) is 5.32 Å². The van der Waals surface area contributed by atoms with Gasteiger partial charge in [0.2, 0.25) is 5.91 Å². The van der Waals surface area contributed by atoms with Crippen LogP contribution >= 0.6 is 0 Å². The molecule has 1 fully saturated rings. The summed E-state index contributed by atoms with van der Waals surface area (Å²) in [4.78, 5) is 13.1. The first-order valence-corrected chi connectivity index (χ1v) is 7.15. The van der Waals surface area contributed by atoms with E-state index < -0.39 is 18.6 Å². The van der Waals surface area contributed by atoms with Gasteiger partial charge in [0.15, 0.2) is 0 Å². The second-order valence-corrected chi connectivity index (χ2v) is 5.25. The Labute approximate surface area is 127 Å². The fraction of sp³-hybridized carbons (Fsp3) is 0.533. The topological polar surface area (TPSA) is 41.6 Å². The Hall–Kier alpha value is -1.60. The summed E-state index contributed by atoms with van der Waals surface area (Å²) in [6, 6.07) is 8.66. The Morgan fingerprint density at radius 3 is 2.64 bits per heavy atom. The zero-order chi connectivity index (χ0) is 16.0. The molecule has 1 saturated heterocycles. The molecule has 4 nitrogen and oxygen atoms in total. The van der Waals surface area contributed by atoms with Crippen LogP contribution in [-0.2, 0) is 16.1 Å². The molecule has 1 N–H and O–H groups in total. The van der Waals surface area contributed by atoms with Crippen LogP contribution in [0.25, 0.3) is 0 Å². The molecule has 0 saturated carbocycles. The molecule has 1 amide bonds. The van der Waals surface area contributed by atoms with Gasteiger partial charge in [0.05, 0.1) is 19.1 Å². The average molecular weight is 316 g/mol. The van der Waals surface area contributed by atoms with Gasteiger partial charge in [0.1, 0.15) is 6.54 Å². The van der Waals surface area contributed by atoms with Gasteiger partial charge in [-0.15, -0.1) is 0 Å². The second kappa shape index (κ2) is 7.60. The van der Waals surface area contributed by atoms with Gasteiger partial charge in [-0.3, -0.25) is 4.79 Å². The average Bonchev–Trinajstić information content (AvgIpc) is 2.47. The maximum absolute atomic E-state index is 12.7. The molecule has 1 atom stereocenters. The molecule has 0 aliphatic carbocycles. The van der Waals surface area contributed by atoms with Crippen LogP contribution in [0.15, 0.2) is 30.3 Å². The van der Waals surface area contributed by atoms with Crippen molar-refractivity contribution in [3.05, 3.63) is 35.9 Å². The van der Waals surface area contributed by atoms with E-state index in [1.165, 1.54) is 0 Å². The molecule has 7 heteroatoms. The number of nitrogens with zero attached hydrogens (tertiary/aromatic N) is 1. The van der Waals surface area contributed by atoms with Crippen LogP contribution in [0.5, 0.6) is 0 Å². The van der Waals surface area contributed by atoms with Gasteiger partial charge in [-0.25, -0.2) is 0 Å². The van der Waals surface area contributed by atoms with Crippen molar-refractivity contribution < 1.29 is 22.7 Å². The Bertz CT molecular complexity index is 473. The SMILES string of the molecule is O=C(C[C@H]1CNCCO1)N(Cc1ccccc1)CC(F)(F)F. The van der Waals surface area contributed by atoms with Crippen LogP contribution in [0, 0.1) is 0 Å². The second-order valence-electron chi connectivity index (χ2n) is 5.25. The standard InChI is InChI=1S/C15H19F3N2O2/c16-15(17,18)11-20(10-12-4-2-1-3-5-12)14(21)8-13-9-19-6-7-22-13/h1-5,13,19H,6-11H2/t13-/m0/s1. The van der Waals surface area contributed by atoms with Gasteiger partial charge in [0, 0.05) is 19.6 Å². The maximum atomic E-state index is 12.7. The van der Waals surface area contributed by atoms with Crippen molar-refractivity contribution in [3.8, 4) is 0 Å². The van der Waals surface area contributed by atoms with Gasteiger partial charge in [-0.1, -0.05) is 30.3 Å². The molecule has 22 heavy (non-hydrogen) atoms. The Morgan fingerprint density at radius 1 is 1.32 bits per heavy atom. The van der Waals surface area contributed by atoms with Crippen LogP contribution in [0.3, 0.4) is 0 Å². The van der Waals surface area contributed by atoms with E-state index in [0.29, 0.717) is 25.3 Å². The number of rotatable bonds is 5. The molecule has 0 unspecified atom stereocenters. The monoisotopic (exact) mass is 316 g/mol. The van der Waals surface area contributed by atoms with Gasteiger partial charge < -0.3 is 15.0 Å². The van der Waals surface area contributed by atoms with Crippen molar-refractivity contribution in [2.24, 2.45) is 0 Å². The summed E-state index contributed by atoms with van der Waals surface area (Å²) >= 11 is 0. The lowest BCUT2D eigenvalue weighted by molar-refractivity contribution is -0.164. The molecule has 0 spiro atoms. The number of amides is 1. The Balaban J connectivity index is 2.00. The summed E-state index contributed by atoms with van der Waals surface area (Å²) < 4.78 is 43.5. The molecule has 0 aromatic heterocycles. The predicted octanol–water partition coefficient (Wildman–Crippen LogP) is 1.96. The quantitative estimate of drug-likeness (QED) is 0.903. The molecule has 2 rings (SSSR count). The first-order valence-electron chi connectivity index (χ1n) is 7.15. The number of hydrogen-bond acceptors (Lipinski definition) is 3. The van der Waals surface area contributed by atoms with Crippen molar-refractivity contribution in [1.82, 2.24) is 10.2 Å². The molecule has 1 heterocycles. The van der Waals surface area contributed by atoms with E-state index in [-0.39, 0.29) is 19.1 Å². The minimum Gasteiger partial charge on any atom is -0.375 e. The highest BCUT2D eigenvalue weighted by molar-refractivity contribution is 5.76. The highest BCUT2D eigenvalue weighted by Crippen LogP contribution is 2.19. The Kier molecular flexibility index (Phi) is 5.79. The predicted molar refractivity (Wildman–Crippen MR) is 75.1 cm³/mol. The van der Waals surface area contributed by atoms with Crippen LogP contribution in [-0.4, -0.2) is 49.3 Å². The molecule has 1 aromatic carbocycles. The van der Waals surface area contributed by atoms with Crippen LogP contribution in [0.4, 0.5) is 13.2 Å². The first kappa shape index (κ1) is 16.8. The fourth-order valence-electron chi connectivity index (χ4n) is 2.33. The molecule has 0 radical (unpaired) electrons. The van der Waals surface area contributed by atoms with E-state index in [1.807, 2.05) is 0 Å². The lowest BCUT2D eigenvalue weighted by Crippen LogP contribution is -2.44. The largest absolute Gasteiger partial charge is 0.406 e. The summed E-state index contributed by atoms with van der Waals surface area (Å²) in [5.41, 5.74) is 0.669. The van der Waals surface area contributed by atoms with E-state index in [4.69, 9.17) is 4.74 Å². The molecular formula is C15H19F3N2O2. The normalized spacial score (nSPS) is 19.0. The zero-order valence-corrected chi connectivity index (χ0v) is 12.1. The van der Waals surface area contributed by atoms with Crippen molar-refractivity contribution in [2.75, 3.05) is 26.2 Å². The minimum absolute atomic E-state index is 0.0457. The number of alkyl halides is 3. The minimum atomic E-state index is -4.42. The summed E-state index contributed by atoms with van der Waals surface area (Å²) in [5.74, 6) is -0.546. The number of hydrogen-bond donors (Lipinski definition) is 1. The van der Waals surface area contributed by atoms with Crippen LogP contribution in [0.2, 0.25) is 0 Å². The molecule has 122 valence electrons. The van der Waals surface area contributed by atoms with E-state index in [1.54, 1.807) is 30.3 Å². The summed E-state index contributed by atoms with van der Waals surface area (Å²) in [5, 5.41) is 3.06. The number of morpholine rings is 1. The zero-order valence-electron chi connectivity index (χ0n) is 12.1. The number of benzene rings is 1. The molecule has 1 aliphatic heterocycles. The van der Waals surface area contributed by atoms with Gasteiger partial charge in [0.25, 0.3) is 0 Å². The molecule has 1 aromatic rings. The Morgan fingerprint density at radius 2 is 2.05 bits per heavy atom. The molecule has 0 bridgehead atoms. The third-order valence-corrected chi connectivity index (χ3v) is 3.35. The number of carbonyl (C=O) groups is 1. The summed E-state index contributed by atoms with van der Waals surface area (Å²) in [6.45, 7) is 0.341. The molecular weight excluding hydrogens is 297 g/mol.